The molecule has 0 bridgehead atoms. The van der Waals surface area contributed by atoms with E-state index in [1.54, 1.807) is 17.0 Å². The number of rotatable bonds is 7. The van der Waals surface area contributed by atoms with Gasteiger partial charge < -0.3 is 19.7 Å². The molecule has 1 aliphatic heterocycles. The van der Waals surface area contributed by atoms with Crippen molar-refractivity contribution >= 4 is 18.3 Å². The highest BCUT2D eigenvalue weighted by Crippen LogP contribution is 2.28. The summed E-state index contributed by atoms with van der Waals surface area (Å²) < 4.78 is 47.0. The molecule has 1 amide bonds. The van der Waals surface area contributed by atoms with E-state index in [2.05, 4.69) is 5.32 Å². The Labute approximate surface area is 157 Å². The number of carbonyl (C=O) groups excluding carboxylic acids is 1. The lowest BCUT2D eigenvalue weighted by Gasteiger charge is -2.31. The second-order valence-electron chi connectivity index (χ2n) is 6.02. The lowest BCUT2D eigenvalue weighted by molar-refractivity contribution is -0.153. The molecule has 148 valence electrons. The van der Waals surface area contributed by atoms with Crippen molar-refractivity contribution in [1.82, 2.24) is 10.2 Å². The van der Waals surface area contributed by atoms with Gasteiger partial charge in [0.15, 0.2) is 24.7 Å². The summed E-state index contributed by atoms with van der Waals surface area (Å²) in [6, 6.07) is 6.03. The molecule has 0 unspecified atom stereocenters. The molecule has 1 fully saturated rings. The van der Waals surface area contributed by atoms with Crippen LogP contribution in [0.4, 0.5) is 13.2 Å². The van der Waals surface area contributed by atoms with E-state index in [1.165, 1.54) is 12.1 Å². The summed E-state index contributed by atoms with van der Waals surface area (Å²) >= 11 is 0. The van der Waals surface area contributed by atoms with E-state index in [1.807, 2.05) is 7.05 Å². The highest BCUT2D eigenvalue weighted by molar-refractivity contribution is 5.85. The van der Waals surface area contributed by atoms with Crippen molar-refractivity contribution in [1.29, 1.82) is 0 Å². The summed E-state index contributed by atoms with van der Waals surface area (Å²) in [7, 11) is 1.91. The summed E-state index contributed by atoms with van der Waals surface area (Å²) in [4.78, 5) is 14.0. The lowest BCUT2D eigenvalue weighted by Crippen LogP contribution is -2.42. The van der Waals surface area contributed by atoms with Gasteiger partial charge in [0.1, 0.15) is 0 Å². The van der Waals surface area contributed by atoms with Crippen molar-refractivity contribution < 1.29 is 27.4 Å². The molecule has 2 rings (SSSR count). The Kier molecular flexibility index (Phi) is 9.01. The molecule has 0 radical (unpaired) electrons. The number of benzene rings is 1. The molecule has 9 heteroatoms. The SMILES string of the molecule is CNCC1CCN(C(=O)COc2ccccc2OCC(F)(F)F)CC1.Cl. The third-order valence-corrected chi connectivity index (χ3v) is 4.05. The molecular weight excluding hydrogens is 373 g/mol. The number of hydrogen-bond donors (Lipinski definition) is 1. The van der Waals surface area contributed by atoms with E-state index in [0.717, 1.165) is 19.4 Å². The number of likely N-dealkylation sites (tertiary alicyclic amines) is 1. The Morgan fingerprint density at radius 3 is 2.31 bits per heavy atom. The van der Waals surface area contributed by atoms with Crippen molar-refractivity contribution in [3.63, 3.8) is 0 Å². The number of halogens is 4. The van der Waals surface area contributed by atoms with Gasteiger partial charge >= 0.3 is 6.18 Å². The van der Waals surface area contributed by atoms with Crippen LogP contribution in [0.1, 0.15) is 12.8 Å². The third kappa shape index (κ3) is 7.29. The van der Waals surface area contributed by atoms with Gasteiger partial charge in [-0.2, -0.15) is 13.2 Å². The van der Waals surface area contributed by atoms with E-state index in [0.29, 0.717) is 19.0 Å². The van der Waals surface area contributed by atoms with Crippen LogP contribution in [0.3, 0.4) is 0 Å². The number of alkyl halides is 3. The minimum absolute atomic E-state index is 0. The molecule has 1 aliphatic rings. The maximum absolute atomic E-state index is 12.3. The van der Waals surface area contributed by atoms with Crippen LogP contribution in [-0.4, -0.2) is 56.9 Å². The molecule has 1 saturated heterocycles. The van der Waals surface area contributed by atoms with E-state index < -0.39 is 12.8 Å². The van der Waals surface area contributed by atoms with Crippen LogP contribution in [0, 0.1) is 5.92 Å². The normalized spacial score (nSPS) is 15.3. The first-order valence-corrected chi connectivity index (χ1v) is 8.23. The second kappa shape index (κ2) is 10.5. The standard InChI is InChI=1S/C17H23F3N2O3.ClH/c1-21-10-13-6-8-22(9-7-13)16(23)11-24-14-4-2-3-5-15(14)25-12-17(18,19)20;/h2-5,13,21H,6-12H2,1H3;1H. The minimum atomic E-state index is -4.43. The van der Waals surface area contributed by atoms with Crippen LogP contribution in [-0.2, 0) is 4.79 Å². The van der Waals surface area contributed by atoms with Gasteiger partial charge in [-0.05, 0) is 44.5 Å². The number of ether oxygens (including phenoxy) is 2. The van der Waals surface area contributed by atoms with Gasteiger partial charge in [-0.3, -0.25) is 4.79 Å². The van der Waals surface area contributed by atoms with Crippen LogP contribution in [0.5, 0.6) is 11.5 Å². The smallest absolute Gasteiger partial charge is 0.422 e. The van der Waals surface area contributed by atoms with E-state index in [9.17, 15) is 18.0 Å². The van der Waals surface area contributed by atoms with E-state index >= 15 is 0 Å². The van der Waals surface area contributed by atoms with Crippen LogP contribution < -0.4 is 14.8 Å². The summed E-state index contributed by atoms with van der Waals surface area (Å²) in [5.41, 5.74) is 0. The molecule has 26 heavy (non-hydrogen) atoms. The van der Waals surface area contributed by atoms with Crippen molar-refractivity contribution in [3.8, 4) is 11.5 Å². The fraction of sp³-hybridized carbons (Fsp3) is 0.588. The summed E-state index contributed by atoms with van der Waals surface area (Å²) in [5, 5.41) is 3.13. The number of hydrogen-bond acceptors (Lipinski definition) is 4. The van der Waals surface area contributed by atoms with Gasteiger partial charge in [0.05, 0.1) is 0 Å². The Hall–Kier alpha value is -1.67. The molecule has 0 saturated carbocycles. The summed E-state index contributed by atoms with van der Waals surface area (Å²) in [6.07, 6.45) is -2.57. The van der Waals surface area contributed by atoms with Crippen LogP contribution in [0.25, 0.3) is 0 Å². The maximum atomic E-state index is 12.3. The average molecular weight is 397 g/mol. The average Bonchev–Trinajstić information content (AvgIpc) is 2.59. The van der Waals surface area contributed by atoms with Gasteiger partial charge in [-0.15, -0.1) is 12.4 Å². The topological polar surface area (TPSA) is 50.8 Å². The van der Waals surface area contributed by atoms with Gasteiger partial charge in [-0.1, -0.05) is 12.1 Å². The van der Waals surface area contributed by atoms with Crippen molar-refractivity contribution in [2.24, 2.45) is 5.92 Å². The monoisotopic (exact) mass is 396 g/mol. The molecule has 0 spiro atoms. The Bertz CT molecular complexity index is 564. The fourth-order valence-electron chi connectivity index (χ4n) is 2.75. The molecule has 0 aromatic heterocycles. The maximum Gasteiger partial charge on any atom is 0.422 e. The third-order valence-electron chi connectivity index (χ3n) is 4.05. The van der Waals surface area contributed by atoms with Gasteiger partial charge in [0.25, 0.3) is 5.91 Å². The minimum Gasteiger partial charge on any atom is -0.480 e. The number of carbonyl (C=O) groups is 1. The van der Waals surface area contributed by atoms with E-state index in [4.69, 9.17) is 9.47 Å². The van der Waals surface area contributed by atoms with E-state index in [-0.39, 0.29) is 36.4 Å². The molecule has 1 N–H and O–H groups in total. The molecule has 1 aromatic carbocycles. The summed E-state index contributed by atoms with van der Waals surface area (Å²) in [6.45, 7) is 0.646. The fourth-order valence-corrected chi connectivity index (χ4v) is 2.75. The number of piperidine rings is 1. The highest BCUT2D eigenvalue weighted by atomic mass is 35.5. The zero-order chi connectivity index (χ0) is 18.3. The number of para-hydroxylation sites is 2. The molecule has 1 aromatic rings. The number of nitrogens with one attached hydrogen (secondary N) is 1. The van der Waals surface area contributed by atoms with Crippen LogP contribution >= 0.6 is 12.4 Å². The van der Waals surface area contributed by atoms with Crippen molar-refractivity contribution in [2.75, 3.05) is 39.9 Å². The Morgan fingerprint density at radius 1 is 1.19 bits per heavy atom. The van der Waals surface area contributed by atoms with Gasteiger partial charge in [0.2, 0.25) is 0 Å². The zero-order valence-electron chi connectivity index (χ0n) is 14.6. The largest absolute Gasteiger partial charge is 0.480 e. The number of nitrogens with zero attached hydrogens (tertiary/aromatic N) is 1. The molecule has 1 heterocycles. The van der Waals surface area contributed by atoms with Crippen molar-refractivity contribution in [2.45, 2.75) is 19.0 Å². The first kappa shape index (κ1) is 22.4. The van der Waals surface area contributed by atoms with Gasteiger partial charge in [0, 0.05) is 13.1 Å². The van der Waals surface area contributed by atoms with Crippen LogP contribution in [0.2, 0.25) is 0 Å². The first-order chi connectivity index (χ1) is 11.9. The molecule has 5 nitrogen and oxygen atoms in total. The Balaban J connectivity index is 0.00000338. The summed E-state index contributed by atoms with van der Waals surface area (Å²) in [5.74, 6) is 0.491. The lowest BCUT2D eigenvalue weighted by atomic mass is 9.97. The van der Waals surface area contributed by atoms with Gasteiger partial charge in [-0.25, -0.2) is 0 Å². The first-order valence-electron chi connectivity index (χ1n) is 8.23. The predicted molar refractivity (Wildman–Crippen MR) is 94.0 cm³/mol. The quantitative estimate of drug-likeness (QED) is 0.770. The molecule has 0 aliphatic carbocycles. The zero-order valence-corrected chi connectivity index (χ0v) is 15.4. The Morgan fingerprint density at radius 2 is 1.77 bits per heavy atom. The molecule has 0 atom stereocenters. The van der Waals surface area contributed by atoms with Crippen LogP contribution in [0.15, 0.2) is 24.3 Å². The van der Waals surface area contributed by atoms with Crippen molar-refractivity contribution in [3.05, 3.63) is 24.3 Å². The molecular formula is C17H24ClF3N2O3. The highest BCUT2D eigenvalue weighted by Gasteiger charge is 2.29. The second-order valence-corrected chi connectivity index (χ2v) is 6.02. The number of amides is 1. The predicted octanol–water partition coefficient (Wildman–Crippen LogP) is 2.89.